The molecule has 12 heavy (non-hydrogen) atoms. The van der Waals surface area contributed by atoms with Gasteiger partial charge in [0.25, 0.3) is 5.91 Å². The summed E-state index contributed by atoms with van der Waals surface area (Å²) in [6, 6.07) is 0. The fourth-order valence-corrected chi connectivity index (χ4v) is 0.857. The van der Waals surface area contributed by atoms with Crippen LogP contribution in [0, 0.1) is 0 Å². The number of carbonyl (C=O) groups is 1. The van der Waals surface area contributed by atoms with E-state index in [1.165, 1.54) is 6.34 Å². The third-order valence-electron chi connectivity index (χ3n) is 1.37. The molecule has 0 spiro atoms. The van der Waals surface area contributed by atoms with E-state index in [4.69, 9.17) is 5.73 Å². The molecule has 0 radical (unpaired) electrons. The van der Waals surface area contributed by atoms with Crippen molar-refractivity contribution in [1.29, 1.82) is 0 Å². The Morgan fingerprint density at radius 3 is 2.83 bits per heavy atom. The average molecular weight is 164 g/mol. The van der Waals surface area contributed by atoms with Gasteiger partial charge in [-0.25, -0.2) is 10.4 Å². The van der Waals surface area contributed by atoms with Crippen LogP contribution in [0.4, 0.5) is 0 Å². The SMILES string of the molecule is NC1=NNC(=O)C1=C1N=CN=N1. The lowest BCUT2D eigenvalue weighted by molar-refractivity contribution is -0.116. The van der Waals surface area contributed by atoms with Gasteiger partial charge in [0, 0.05) is 0 Å². The Morgan fingerprint density at radius 2 is 2.33 bits per heavy atom. The second kappa shape index (κ2) is 2.22. The summed E-state index contributed by atoms with van der Waals surface area (Å²) in [5.41, 5.74) is 7.74. The molecule has 1 amide bonds. The highest BCUT2D eigenvalue weighted by atomic mass is 16.2. The van der Waals surface area contributed by atoms with Crippen molar-refractivity contribution in [3.63, 3.8) is 0 Å². The van der Waals surface area contributed by atoms with Crippen molar-refractivity contribution in [3.8, 4) is 0 Å². The van der Waals surface area contributed by atoms with Crippen LogP contribution in [0.2, 0.25) is 0 Å². The summed E-state index contributed by atoms with van der Waals surface area (Å²) in [5.74, 6) is -0.111. The molecule has 0 aromatic rings. The average Bonchev–Trinajstić information content (AvgIpc) is 2.61. The number of nitrogens with one attached hydrogen (secondary N) is 1. The normalized spacial score (nSPS) is 26.3. The number of azo groups is 1. The van der Waals surface area contributed by atoms with Gasteiger partial charge in [0.05, 0.1) is 0 Å². The summed E-state index contributed by atoms with van der Waals surface area (Å²) in [6.45, 7) is 0. The summed E-state index contributed by atoms with van der Waals surface area (Å²) in [5, 5.41) is 10.5. The van der Waals surface area contributed by atoms with E-state index in [1.54, 1.807) is 0 Å². The van der Waals surface area contributed by atoms with Crippen LogP contribution in [0.3, 0.4) is 0 Å². The fourth-order valence-electron chi connectivity index (χ4n) is 0.857. The van der Waals surface area contributed by atoms with E-state index in [0.717, 1.165) is 0 Å². The lowest BCUT2D eigenvalue weighted by Gasteiger charge is -1.92. The number of rotatable bonds is 0. The minimum absolute atomic E-state index is 0.0907. The first-order valence-electron chi connectivity index (χ1n) is 3.10. The molecule has 0 aromatic heterocycles. The van der Waals surface area contributed by atoms with Gasteiger partial charge in [-0.3, -0.25) is 4.79 Å². The quantitative estimate of drug-likeness (QED) is 0.452. The molecule has 0 saturated carbocycles. The number of nitrogens with zero attached hydrogens (tertiary/aromatic N) is 4. The van der Waals surface area contributed by atoms with Crippen LogP contribution >= 0.6 is 0 Å². The molecule has 0 bridgehead atoms. The number of aliphatic imine (C=N–C) groups is 1. The van der Waals surface area contributed by atoms with Gasteiger partial charge in [0.2, 0.25) is 0 Å². The van der Waals surface area contributed by atoms with E-state index in [1.807, 2.05) is 0 Å². The third kappa shape index (κ3) is 0.797. The molecule has 0 aromatic carbocycles. The number of nitrogens with two attached hydrogens (primary N) is 1. The summed E-state index contributed by atoms with van der Waals surface area (Å²) >= 11 is 0. The molecule has 7 nitrogen and oxygen atoms in total. The molecule has 0 unspecified atom stereocenters. The molecular weight excluding hydrogens is 160 g/mol. The van der Waals surface area contributed by atoms with Crippen molar-refractivity contribution in [2.45, 2.75) is 0 Å². The predicted molar refractivity (Wildman–Crippen MR) is 40.1 cm³/mol. The van der Waals surface area contributed by atoms with Gasteiger partial charge in [-0.1, -0.05) is 0 Å². The monoisotopic (exact) mass is 164 g/mol. The number of hydrazone groups is 1. The van der Waals surface area contributed by atoms with Gasteiger partial charge in [-0.15, -0.1) is 10.2 Å². The number of amides is 1. The zero-order valence-corrected chi connectivity index (χ0v) is 5.85. The van der Waals surface area contributed by atoms with Gasteiger partial charge in [0.15, 0.2) is 11.7 Å². The summed E-state index contributed by atoms with van der Waals surface area (Å²) in [6.07, 6.45) is 1.24. The van der Waals surface area contributed by atoms with Crippen LogP contribution in [0.5, 0.6) is 0 Å². The van der Waals surface area contributed by atoms with Crippen LogP contribution < -0.4 is 11.2 Å². The molecule has 7 heteroatoms. The zero-order chi connectivity index (χ0) is 8.55. The largest absolute Gasteiger partial charge is 0.381 e. The molecular formula is C5H4N6O. The summed E-state index contributed by atoms with van der Waals surface area (Å²) in [4.78, 5) is 14.8. The van der Waals surface area contributed by atoms with Crippen molar-refractivity contribution >= 4 is 18.1 Å². The first kappa shape index (κ1) is 6.65. The Balaban J connectivity index is 2.51. The minimum Gasteiger partial charge on any atom is -0.381 e. The topological polar surface area (TPSA) is 105 Å². The van der Waals surface area contributed by atoms with Gasteiger partial charge in [-0.2, -0.15) is 5.10 Å². The van der Waals surface area contributed by atoms with Gasteiger partial charge in [0.1, 0.15) is 11.9 Å². The first-order valence-corrected chi connectivity index (χ1v) is 3.10. The van der Waals surface area contributed by atoms with Crippen LogP contribution in [0.15, 0.2) is 31.7 Å². The maximum absolute atomic E-state index is 11.0. The van der Waals surface area contributed by atoms with Crippen LogP contribution in [0.25, 0.3) is 0 Å². The molecule has 3 N–H and O–H groups in total. The summed E-state index contributed by atoms with van der Waals surface area (Å²) < 4.78 is 0. The molecule has 2 aliphatic rings. The first-order chi connectivity index (χ1) is 5.79. The molecule has 2 aliphatic heterocycles. The zero-order valence-electron chi connectivity index (χ0n) is 5.85. The summed E-state index contributed by atoms with van der Waals surface area (Å²) in [7, 11) is 0. The highest BCUT2D eigenvalue weighted by Gasteiger charge is 2.25. The molecule has 0 aliphatic carbocycles. The van der Waals surface area contributed by atoms with E-state index in [0.29, 0.717) is 0 Å². The molecule has 2 heterocycles. The van der Waals surface area contributed by atoms with Crippen LogP contribution in [0.1, 0.15) is 0 Å². The van der Waals surface area contributed by atoms with Gasteiger partial charge < -0.3 is 5.73 Å². The van der Waals surface area contributed by atoms with Crippen molar-refractivity contribution in [2.75, 3.05) is 0 Å². The Morgan fingerprint density at radius 1 is 1.50 bits per heavy atom. The standard InChI is InChI=1S/C5H4N6O/c6-3-2(5(12)11-9-3)4-7-1-8-10-4/h1H,(H2,6,9)(H,11,12). The van der Waals surface area contributed by atoms with Crippen LogP contribution in [-0.2, 0) is 4.79 Å². The maximum atomic E-state index is 11.0. The highest BCUT2D eigenvalue weighted by Crippen LogP contribution is 2.14. The lowest BCUT2D eigenvalue weighted by Crippen LogP contribution is -2.18. The highest BCUT2D eigenvalue weighted by molar-refractivity contribution is 6.23. The van der Waals surface area contributed by atoms with Crippen molar-refractivity contribution < 1.29 is 4.79 Å². The molecule has 60 valence electrons. The Labute approximate surface area is 66.8 Å². The Hall–Kier alpha value is -2.05. The van der Waals surface area contributed by atoms with Gasteiger partial charge in [-0.05, 0) is 0 Å². The van der Waals surface area contributed by atoms with Crippen molar-refractivity contribution in [1.82, 2.24) is 5.43 Å². The van der Waals surface area contributed by atoms with Gasteiger partial charge >= 0.3 is 0 Å². The Bertz CT molecular complexity index is 348. The fraction of sp³-hybridized carbons (Fsp3) is 0. The lowest BCUT2D eigenvalue weighted by atomic mass is 10.2. The second-order valence-electron chi connectivity index (χ2n) is 2.10. The number of carbonyl (C=O) groups excluding carboxylic acids is 1. The molecule has 0 fully saturated rings. The predicted octanol–water partition coefficient (Wildman–Crippen LogP) is -0.906. The molecule has 0 saturated heterocycles. The minimum atomic E-state index is -0.402. The molecule has 0 atom stereocenters. The van der Waals surface area contributed by atoms with E-state index in [2.05, 4.69) is 25.7 Å². The van der Waals surface area contributed by atoms with E-state index in [9.17, 15) is 4.79 Å². The second-order valence-corrected chi connectivity index (χ2v) is 2.10. The Kier molecular flexibility index (Phi) is 1.23. The number of hydrogen-bond donors (Lipinski definition) is 2. The van der Waals surface area contributed by atoms with Crippen molar-refractivity contribution in [3.05, 3.63) is 11.4 Å². The van der Waals surface area contributed by atoms with E-state index >= 15 is 0 Å². The maximum Gasteiger partial charge on any atom is 0.279 e. The van der Waals surface area contributed by atoms with Crippen molar-refractivity contribution in [2.24, 2.45) is 26.1 Å². The number of amidine groups is 1. The molecule has 2 rings (SSSR count). The smallest absolute Gasteiger partial charge is 0.279 e. The van der Waals surface area contributed by atoms with Crippen LogP contribution in [-0.4, -0.2) is 18.1 Å². The van der Waals surface area contributed by atoms with E-state index in [-0.39, 0.29) is 17.2 Å². The van der Waals surface area contributed by atoms with E-state index < -0.39 is 5.91 Å². The number of hydrogen-bond acceptors (Lipinski definition) is 6. The third-order valence-corrected chi connectivity index (χ3v) is 1.37.